The highest BCUT2D eigenvalue weighted by Gasteiger charge is 2.29. The standard InChI is InChI=1S/C11H15N3O3S/c1-2-17-10(15)6-14-11(16)8(12)7-18-9-4-3-5-13(9)14/h3-5,8H,2,6-7,12H2,1H3. The fraction of sp³-hybridized carbons (Fsp3) is 0.455. The molecule has 0 aliphatic carbocycles. The zero-order chi connectivity index (χ0) is 13.1. The fourth-order valence-corrected chi connectivity index (χ4v) is 2.66. The van der Waals surface area contributed by atoms with Gasteiger partial charge in [-0.3, -0.25) is 14.3 Å². The van der Waals surface area contributed by atoms with Gasteiger partial charge in [-0.05, 0) is 19.1 Å². The highest BCUT2D eigenvalue weighted by atomic mass is 32.2. The van der Waals surface area contributed by atoms with Gasteiger partial charge in [0.15, 0.2) is 0 Å². The summed E-state index contributed by atoms with van der Waals surface area (Å²) in [4.78, 5) is 23.6. The van der Waals surface area contributed by atoms with E-state index in [2.05, 4.69) is 0 Å². The maximum atomic E-state index is 12.1. The maximum absolute atomic E-state index is 12.1. The van der Waals surface area contributed by atoms with E-state index < -0.39 is 12.0 Å². The normalized spacial score (nSPS) is 19.3. The molecule has 0 fully saturated rings. The van der Waals surface area contributed by atoms with Gasteiger partial charge >= 0.3 is 5.97 Å². The average Bonchev–Trinajstić information content (AvgIpc) is 2.76. The first-order chi connectivity index (χ1) is 8.63. The van der Waals surface area contributed by atoms with Crippen molar-refractivity contribution in [3.05, 3.63) is 18.3 Å². The third-order valence-electron chi connectivity index (χ3n) is 2.52. The second kappa shape index (κ2) is 5.45. The number of amides is 1. The van der Waals surface area contributed by atoms with Crippen LogP contribution < -0.4 is 10.7 Å². The lowest BCUT2D eigenvalue weighted by Crippen LogP contribution is -2.51. The number of carbonyl (C=O) groups is 2. The Balaban J connectivity index is 2.24. The van der Waals surface area contributed by atoms with Gasteiger partial charge in [-0.2, -0.15) is 0 Å². The van der Waals surface area contributed by atoms with Crippen LogP contribution in [0.5, 0.6) is 0 Å². The van der Waals surface area contributed by atoms with Crippen LogP contribution in [0.3, 0.4) is 0 Å². The molecule has 2 heterocycles. The van der Waals surface area contributed by atoms with Gasteiger partial charge in [0, 0.05) is 11.9 Å². The molecule has 18 heavy (non-hydrogen) atoms. The predicted molar refractivity (Wildman–Crippen MR) is 67.9 cm³/mol. The number of nitrogens with zero attached hydrogens (tertiary/aromatic N) is 2. The Morgan fingerprint density at radius 3 is 3.17 bits per heavy atom. The van der Waals surface area contributed by atoms with E-state index in [0.29, 0.717) is 12.4 Å². The van der Waals surface area contributed by atoms with Crippen molar-refractivity contribution in [3.8, 4) is 0 Å². The number of nitrogens with two attached hydrogens (primary N) is 1. The van der Waals surface area contributed by atoms with Gasteiger partial charge in [0.25, 0.3) is 5.91 Å². The minimum Gasteiger partial charge on any atom is -0.465 e. The first-order valence-electron chi connectivity index (χ1n) is 5.66. The zero-order valence-electron chi connectivity index (χ0n) is 10.0. The van der Waals surface area contributed by atoms with Crippen LogP contribution in [-0.2, 0) is 14.3 Å². The SMILES string of the molecule is CCOC(=O)CN1C(=O)C(N)CSc2cccn21. The molecule has 0 saturated carbocycles. The molecule has 1 aromatic heterocycles. The summed E-state index contributed by atoms with van der Waals surface area (Å²) in [5.74, 6) is -0.211. The predicted octanol–water partition coefficient (Wildman–Crippen LogP) is -0.0512. The lowest BCUT2D eigenvalue weighted by Gasteiger charge is -2.23. The quantitative estimate of drug-likeness (QED) is 0.778. The molecule has 1 amide bonds. The topological polar surface area (TPSA) is 77.6 Å². The monoisotopic (exact) mass is 269 g/mol. The number of fused-ring (bicyclic) bond motifs is 1. The van der Waals surface area contributed by atoms with Gasteiger partial charge in [0.2, 0.25) is 0 Å². The summed E-state index contributed by atoms with van der Waals surface area (Å²) in [6, 6.07) is 3.10. The van der Waals surface area contributed by atoms with Gasteiger partial charge in [-0.1, -0.05) is 0 Å². The summed E-state index contributed by atoms with van der Waals surface area (Å²) in [5.41, 5.74) is 5.78. The van der Waals surface area contributed by atoms with Crippen molar-refractivity contribution >= 4 is 23.6 Å². The second-order valence-electron chi connectivity index (χ2n) is 3.81. The molecule has 0 spiro atoms. The summed E-state index contributed by atoms with van der Waals surface area (Å²) in [7, 11) is 0. The van der Waals surface area contributed by atoms with Crippen molar-refractivity contribution in [2.45, 2.75) is 18.0 Å². The van der Waals surface area contributed by atoms with E-state index in [1.54, 1.807) is 17.8 Å². The van der Waals surface area contributed by atoms with E-state index in [-0.39, 0.29) is 12.5 Å². The lowest BCUT2D eigenvalue weighted by atomic mass is 10.3. The molecule has 6 nitrogen and oxygen atoms in total. The van der Waals surface area contributed by atoms with Crippen molar-refractivity contribution in [1.82, 2.24) is 4.68 Å². The molecule has 1 unspecified atom stereocenters. The molecular weight excluding hydrogens is 254 g/mol. The van der Waals surface area contributed by atoms with Gasteiger partial charge < -0.3 is 10.5 Å². The van der Waals surface area contributed by atoms with Gasteiger partial charge in [0.05, 0.1) is 17.7 Å². The van der Waals surface area contributed by atoms with E-state index in [1.807, 2.05) is 12.1 Å². The molecule has 0 bridgehead atoms. The van der Waals surface area contributed by atoms with Crippen molar-refractivity contribution in [2.75, 3.05) is 23.9 Å². The number of carbonyl (C=O) groups excluding carboxylic acids is 2. The molecule has 7 heteroatoms. The van der Waals surface area contributed by atoms with Crippen molar-refractivity contribution in [2.24, 2.45) is 5.73 Å². The van der Waals surface area contributed by atoms with E-state index >= 15 is 0 Å². The Hall–Kier alpha value is -1.47. The van der Waals surface area contributed by atoms with E-state index in [4.69, 9.17) is 10.5 Å². The molecule has 1 atom stereocenters. The number of aromatic nitrogens is 1. The number of hydrogen-bond acceptors (Lipinski definition) is 5. The van der Waals surface area contributed by atoms with Crippen LogP contribution >= 0.6 is 11.8 Å². The lowest BCUT2D eigenvalue weighted by molar-refractivity contribution is -0.143. The first kappa shape index (κ1) is 13.0. The molecule has 1 aliphatic heterocycles. The van der Waals surface area contributed by atoms with Gasteiger partial charge in [-0.15, -0.1) is 11.8 Å². The molecule has 0 saturated heterocycles. The number of ether oxygens (including phenoxy) is 1. The molecule has 2 rings (SSSR count). The Labute approximate surface area is 109 Å². The Morgan fingerprint density at radius 2 is 2.44 bits per heavy atom. The zero-order valence-corrected chi connectivity index (χ0v) is 10.9. The molecule has 2 N–H and O–H groups in total. The van der Waals surface area contributed by atoms with Gasteiger partial charge in [-0.25, -0.2) is 5.01 Å². The van der Waals surface area contributed by atoms with Crippen LogP contribution in [0, 0.1) is 0 Å². The third kappa shape index (κ3) is 2.51. The molecular formula is C11H15N3O3S. The van der Waals surface area contributed by atoms with Crippen molar-refractivity contribution < 1.29 is 14.3 Å². The first-order valence-corrected chi connectivity index (χ1v) is 6.65. The third-order valence-corrected chi connectivity index (χ3v) is 3.66. The Kier molecular flexibility index (Phi) is 3.93. The number of thioether (sulfide) groups is 1. The minimum absolute atomic E-state index is 0.122. The average molecular weight is 269 g/mol. The Morgan fingerprint density at radius 1 is 1.67 bits per heavy atom. The van der Waals surface area contributed by atoms with Gasteiger partial charge in [0.1, 0.15) is 6.54 Å². The van der Waals surface area contributed by atoms with E-state index in [1.165, 1.54) is 16.8 Å². The summed E-state index contributed by atoms with van der Waals surface area (Å²) >= 11 is 1.50. The highest BCUT2D eigenvalue weighted by molar-refractivity contribution is 7.99. The second-order valence-corrected chi connectivity index (χ2v) is 4.85. The minimum atomic E-state index is -0.607. The largest absolute Gasteiger partial charge is 0.465 e. The van der Waals surface area contributed by atoms with Crippen LogP contribution in [0.25, 0.3) is 0 Å². The fourth-order valence-electron chi connectivity index (χ4n) is 1.70. The summed E-state index contributed by atoms with van der Waals surface area (Å²) in [5, 5.41) is 2.22. The summed E-state index contributed by atoms with van der Waals surface area (Å²) in [6.07, 6.45) is 1.73. The maximum Gasteiger partial charge on any atom is 0.327 e. The van der Waals surface area contributed by atoms with Crippen LogP contribution in [0.2, 0.25) is 0 Å². The molecule has 98 valence electrons. The van der Waals surface area contributed by atoms with E-state index in [0.717, 1.165) is 5.03 Å². The molecule has 0 radical (unpaired) electrons. The van der Waals surface area contributed by atoms with E-state index in [9.17, 15) is 9.59 Å². The summed E-state index contributed by atoms with van der Waals surface area (Å²) in [6.45, 7) is 1.90. The smallest absolute Gasteiger partial charge is 0.327 e. The Bertz CT molecular complexity index is 460. The summed E-state index contributed by atoms with van der Waals surface area (Å²) < 4.78 is 6.52. The highest BCUT2D eigenvalue weighted by Crippen LogP contribution is 2.23. The number of hydrogen-bond donors (Lipinski definition) is 1. The number of esters is 1. The van der Waals surface area contributed by atoms with Crippen LogP contribution in [-0.4, -0.2) is 41.5 Å². The van der Waals surface area contributed by atoms with Crippen LogP contribution in [0.4, 0.5) is 0 Å². The van der Waals surface area contributed by atoms with Crippen LogP contribution in [0.15, 0.2) is 23.4 Å². The molecule has 0 aromatic carbocycles. The van der Waals surface area contributed by atoms with Crippen molar-refractivity contribution in [3.63, 3.8) is 0 Å². The molecule has 1 aromatic rings. The molecule has 1 aliphatic rings. The van der Waals surface area contributed by atoms with Crippen molar-refractivity contribution in [1.29, 1.82) is 0 Å². The number of rotatable bonds is 3. The van der Waals surface area contributed by atoms with Crippen LogP contribution in [0.1, 0.15) is 6.92 Å².